The summed E-state index contributed by atoms with van der Waals surface area (Å²) < 4.78 is 20.9. The molecule has 0 spiro atoms. The first-order valence-corrected chi connectivity index (χ1v) is 15.9. The fraction of sp³-hybridized carbons (Fsp3) is 0.500. The van der Waals surface area contributed by atoms with Gasteiger partial charge in [-0.05, 0) is 80.1 Å². The van der Waals surface area contributed by atoms with Gasteiger partial charge in [0, 0.05) is 43.7 Å². The average Bonchev–Trinajstić information content (AvgIpc) is 3.64. The number of anilines is 1. The molecule has 224 valence electrons. The smallest absolute Gasteiger partial charge is 0.319 e. The molecule has 0 saturated carbocycles. The first kappa shape index (κ1) is 27.0. The third-order valence-electron chi connectivity index (χ3n) is 10.3. The highest BCUT2D eigenvalue weighted by molar-refractivity contribution is 6.02. The minimum Gasteiger partial charge on any atom is -0.508 e. The van der Waals surface area contributed by atoms with Crippen LogP contribution in [0.25, 0.3) is 32.9 Å². The molecule has 6 heterocycles. The predicted octanol–water partition coefficient (Wildman–Crippen LogP) is 5.32. The van der Waals surface area contributed by atoms with Crippen molar-refractivity contribution in [2.75, 3.05) is 37.7 Å². The summed E-state index contributed by atoms with van der Waals surface area (Å²) in [5, 5.41) is 17.4. The van der Waals surface area contributed by atoms with Crippen LogP contribution in [-0.4, -0.2) is 81.5 Å². The molecule has 4 aliphatic heterocycles. The SMILES string of the molecule is CCc1cccc2cc(O)cc(-c3cc4nc(OC[C@@]56CCCN5C[C@H](F)C6)nc(N5CC6CCC(C5)N6)c4c(C)n3)c12. The van der Waals surface area contributed by atoms with Gasteiger partial charge in [0.15, 0.2) is 0 Å². The first-order chi connectivity index (χ1) is 20.9. The van der Waals surface area contributed by atoms with Crippen molar-refractivity contribution in [3.8, 4) is 23.0 Å². The number of phenolic OH excluding ortho intramolecular Hbond substituents is 1. The Balaban J connectivity index is 1.26. The maximum absolute atomic E-state index is 14.5. The highest BCUT2D eigenvalue weighted by Gasteiger charge is 2.49. The summed E-state index contributed by atoms with van der Waals surface area (Å²) in [7, 11) is 0. The van der Waals surface area contributed by atoms with Gasteiger partial charge in [-0.25, -0.2) is 4.39 Å². The van der Waals surface area contributed by atoms with E-state index in [9.17, 15) is 9.50 Å². The highest BCUT2D eigenvalue weighted by Crippen LogP contribution is 2.41. The second-order valence-electron chi connectivity index (χ2n) is 13.1. The molecule has 0 amide bonds. The Kier molecular flexibility index (Phi) is 6.45. The number of alkyl halides is 1. The summed E-state index contributed by atoms with van der Waals surface area (Å²) in [6.07, 6.45) is 4.91. The van der Waals surface area contributed by atoms with E-state index in [1.165, 1.54) is 18.4 Å². The number of aryl methyl sites for hydroxylation is 2. The molecule has 2 bridgehead atoms. The van der Waals surface area contributed by atoms with E-state index < -0.39 is 6.17 Å². The number of pyridine rings is 1. The topological polar surface area (TPSA) is 86.6 Å². The number of hydrogen-bond donors (Lipinski definition) is 2. The van der Waals surface area contributed by atoms with E-state index in [4.69, 9.17) is 19.7 Å². The van der Waals surface area contributed by atoms with Crippen molar-refractivity contribution in [3.63, 3.8) is 0 Å². The van der Waals surface area contributed by atoms with Crippen molar-refractivity contribution in [2.45, 2.75) is 76.2 Å². The van der Waals surface area contributed by atoms with E-state index in [1.54, 1.807) is 0 Å². The van der Waals surface area contributed by atoms with Gasteiger partial charge >= 0.3 is 6.01 Å². The summed E-state index contributed by atoms with van der Waals surface area (Å²) >= 11 is 0. The van der Waals surface area contributed by atoms with E-state index >= 15 is 0 Å². The lowest BCUT2D eigenvalue weighted by Gasteiger charge is -2.35. The molecule has 2 N–H and O–H groups in total. The Hall–Kier alpha value is -3.56. The number of rotatable bonds is 6. The number of phenols is 1. The largest absolute Gasteiger partial charge is 0.508 e. The number of nitrogens with zero attached hydrogens (tertiary/aromatic N) is 5. The van der Waals surface area contributed by atoms with E-state index in [0.717, 1.165) is 83.3 Å². The van der Waals surface area contributed by atoms with Gasteiger partial charge in [0.2, 0.25) is 0 Å². The van der Waals surface area contributed by atoms with Crippen molar-refractivity contribution < 1.29 is 14.2 Å². The highest BCUT2D eigenvalue weighted by atomic mass is 19.1. The minimum absolute atomic E-state index is 0.210. The summed E-state index contributed by atoms with van der Waals surface area (Å²) in [4.78, 5) is 19.8. The number of nitrogens with one attached hydrogen (secondary N) is 1. The van der Waals surface area contributed by atoms with Crippen LogP contribution in [0, 0.1) is 6.92 Å². The Morgan fingerprint density at radius 3 is 2.72 bits per heavy atom. The van der Waals surface area contributed by atoms with Gasteiger partial charge in [-0.2, -0.15) is 9.97 Å². The molecule has 8 nitrogen and oxygen atoms in total. The monoisotopic (exact) mass is 582 g/mol. The predicted molar refractivity (Wildman–Crippen MR) is 167 cm³/mol. The van der Waals surface area contributed by atoms with Crippen LogP contribution in [0.2, 0.25) is 0 Å². The van der Waals surface area contributed by atoms with Crippen molar-refractivity contribution in [1.29, 1.82) is 0 Å². The molecule has 4 aliphatic rings. The molecule has 2 unspecified atom stereocenters. The number of ether oxygens (including phenoxy) is 1. The molecule has 4 saturated heterocycles. The molecule has 4 aromatic rings. The third kappa shape index (κ3) is 4.59. The van der Waals surface area contributed by atoms with Crippen LogP contribution in [-0.2, 0) is 6.42 Å². The molecule has 4 fully saturated rings. The maximum Gasteiger partial charge on any atom is 0.319 e. The van der Waals surface area contributed by atoms with Crippen LogP contribution in [0.15, 0.2) is 36.4 Å². The lowest BCUT2D eigenvalue weighted by molar-refractivity contribution is 0.107. The second kappa shape index (κ2) is 10.3. The minimum atomic E-state index is -0.810. The van der Waals surface area contributed by atoms with Gasteiger partial charge < -0.3 is 20.1 Å². The van der Waals surface area contributed by atoms with Crippen LogP contribution in [0.4, 0.5) is 10.2 Å². The summed E-state index contributed by atoms with van der Waals surface area (Å²) in [5.74, 6) is 1.07. The molecule has 0 aliphatic carbocycles. The Morgan fingerprint density at radius 1 is 1.07 bits per heavy atom. The lowest BCUT2D eigenvalue weighted by Crippen LogP contribution is -2.51. The van der Waals surface area contributed by atoms with Crippen molar-refractivity contribution in [2.24, 2.45) is 0 Å². The van der Waals surface area contributed by atoms with Gasteiger partial charge in [0.1, 0.15) is 24.3 Å². The molecule has 43 heavy (non-hydrogen) atoms. The molecule has 4 atom stereocenters. The van der Waals surface area contributed by atoms with Crippen LogP contribution < -0.4 is 15.0 Å². The van der Waals surface area contributed by atoms with Gasteiger partial charge in [-0.15, -0.1) is 0 Å². The lowest BCUT2D eigenvalue weighted by atomic mass is 9.95. The fourth-order valence-corrected chi connectivity index (χ4v) is 8.33. The fourth-order valence-electron chi connectivity index (χ4n) is 8.33. The summed E-state index contributed by atoms with van der Waals surface area (Å²) in [5.41, 5.74) is 4.21. The number of fused-ring (bicyclic) bond motifs is 5. The van der Waals surface area contributed by atoms with Gasteiger partial charge in [0.05, 0.1) is 27.8 Å². The number of aromatic hydroxyl groups is 1. The first-order valence-electron chi connectivity index (χ1n) is 15.9. The normalized spacial score (nSPS) is 27.0. The van der Waals surface area contributed by atoms with Crippen molar-refractivity contribution >= 4 is 27.5 Å². The van der Waals surface area contributed by atoms with Crippen LogP contribution >= 0.6 is 0 Å². The number of benzene rings is 2. The van der Waals surface area contributed by atoms with Crippen LogP contribution in [0.3, 0.4) is 0 Å². The number of piperazine rings is 1. The van der Waals surface area contributed by atoms with Crippen molar-refractivity contribution in [3.05, 3.63) is 47.7 Å². The molecular formula is C34H39FN6O2. The number of halogens is 1. The van der Waals surface area contributed by atoms with Gasteiger partial charge in [0.25, 0.3) is 0 Å². The summed E-state index contributed by atoms with van der Waals surface area (Å²) in [6.45, 7) is 7.72. The Morgan fingerprint density at radius 2 is 1.91 bits per heavy atom. The molecule has 9 heteroatoms. The Bertz CT molecular complexity index is 1720. The van der Waals surface area contributed by atoms with E-state index in [1.807, 2.05) is 37.3 Å². The molecule has 2 aromatic carbocycles. The third-order valence-corrected chi connectivity index (χ3v) is 10.3. The zero-order chi connectivity index (χ0) is 29.3. The molecule has 0 radical (unpaired) electrons. The van der Waals surface area contributed by atoms with E-state index in [-0.39, 0.29) is 11.3 Å². The van der Waals surface area contributed by atoms with E-state index in [2.05, 4.69) is 28.1 Å². The maximum atomic E-state index is 14.5. The van der Waals surface area contributed by atoms with Gasteiger partial charge in [-0.3, -0.25) is 9.88 Å². The zero-order valence-electron chi connectivity index (χ0n) is 24.9. The molecule has 8 rings (SSSR count). The second-order valence-corrected chi connectivity index (χ2v) is 13.1. The quantitative estimate of drug-likeness (QED) is 0.316. The van der Waals surface area contributed by atoms with Crippen molar-refractivity contribution in [1.82, 2.24) is 25.2 Å². The Labute approximate surface area is 251 Å². The standard InChI is InChI=1S/C34H39FN6O2/c1-3-21-6-4-7-22-12-26(42)13-27(31(21)22)28-14-29-30(20(2)36-28)32(40-17-24-8-9-25(18-40)37-24)39-33(38-29)43-19-34-10-5-11-41(34)16-23(35)15-34/h4,6-7,12-14,23-25,37,42H,3,5,8-11,15-19H2,1-2H3/t23-,24?,25?,34+/m1/s1. The van der Waals surface area contributed by atoms with Crippen LogP contribution in [0.5, 0.6) is 11.8 Å². The molecule has 2 aromatic heterocycles. The zero-order valence-corrected chi connectivity index (χ0v) is 24.9. The van der Waals surface area contributed by atoms with E-state index in [0.29, 0.717) is 37.7 Å². The number of hydrogen-bond acceptors (Lipinski definition) is 8. The summed E-state index contributed by atoms with van der Waals surface area (Å²) in [6, 6.07) is 13.1. The van der Waals surface area contributed by atoms with Crippen LogP contribution in [0.1, 0.15) is 50.3 Å². The average molecular weight is 583 g/mol. The molecular weight excluding hydrogens is 543 g/mol. The van der Waals surface area contributed by atoms with Gasteiger partial charge in [-0.1, -0.05) is 25.1 Å². The number of aromatic nitrogens is 3.